The number of carbonyl (C=O) groups is 2. The van der Waals surface area contributed by atoms with E-state index in [2.05, 4.69) is 31.4 Å². The second kappa shape index (κ2) is 7.13. The normalized spacial score (nSPS) is 18.6. The van der Waals surface area contributed by atoms with Gasteiger partial charge in [0.2, 0.25) is 0 Å². The van der Waals surface area contributed by atoms with Gasteiger partial charge in [-0.1, -0.05) is 20.8 Å². The van der Waals surface area contributed by atoms with E-state index in [4.69, 9.17) is 0 Å². The van der Waals surface area contributed by atoms with Crippen molar-refractivity contribution in [3.05, 3.63) is 35.4 Å². The van der Waals surface area contributed by atoms with Gasteiger partial charge in [0.15, 0.2) is 0 Å². The Morgan fingerprint density at radius 2 is 1.83 bits per heavy atom. The van der Waals surface area contributed by atoms with Crippen molar-refractivity contribution >= 4 is 11.8 Å². The van der Waals surface area contributed by atoms with Crippen LogP contribution in [0.3, 0.4) is 0 Å². The molecule has 1 atom stereocenters. The average Bonchev–Trinajstić information content (AvgIpc) is 2.52. The number of nitrogens with one attached hydrogen (secondary N) is 2. The molecular formula is C18H27N3O2. The SMILES string of the molecule is C[C@H]1CNCCN1C(=O)c1ccc(C(=O)NCC(C)(C)C)cc1. The molecule has 1 aliphatic heterocycles. The van der Waals surface area contributed by atoms with Crippen LogP contribution in [0.15, 0.2) is 24.3 Å². The van der Waals surface area contributed by atoms with E-state index in [0.717, 1.165) is 13.1 Å². The van der Waals surface area contributed by atoms with E-state index < -0.39 is 0 Å². The molecule has 2 amide bonds. The Morgan fingerprint density at radius 1 is 1.22 bits per heavy atom. The summed E-state index contributed by atoms with van der Waals surface area (Å²) in [6.07, 6.45) is 0. The topological polar surface area (TPSA) is 61.4 Å². The molecular weight excluding hydrogens is 290 g/mol. The fourth-order valence-corrected chi connectivity index (χ4v) is 2.52. The molecule has 23 heavy (non-hydrogen) atoms. The lowest BCUT2D eigenvalue weighted by Gasteiger charge is -2.34. The summed E-state index contributed by atoms with van der Waals surface area (Å²) in [5, 5.41) is 6.19. The van der Waals surface area contributed by atoms with Gasteiger partial charge in [0, 0.05) is 43.3 Å². The first-order valence-corrected chi connectivity index (χ1v) is 8.18. The first kappa shape index (κ1) is 17.5. The molecule has 0 radical (unpaired) electrons. The highest BCUT2D eigenvalue weighted by molar-refractivity contribution is 5.98. The van der Waals surface area contributed by atoms with Gasteiger partial charge in [-0.15, -0.1) is 0 Å². The van der Waals surface area contributed by atoms with Crippen LogP contribution in [0.4, 0.5) is 0 Å². The zero-order valence-electron chi connectivity index (χ0n) is 14.5. The summed E-state index contributed by atoms with van der Waals surface area (Å²) in [5.41, 5.74) is 1.26. The summed E-state index contributed by atoms with van der Waals surface area (Å²) in [4.78, 5) is 26.5. The van der Waals surface area contributed by atoms with Crippen molar-refractivity contribution in [3.63, 3.8) is 0 Å². The van der Waals surface area contributed by atoms with Gasteiger partial charge in [-0.2, -0.15) is 0 Å². The molecule has 2 rings (SSSR count). The van der Waals surface area contributed by atoms with Crippen LogP contribution in [-0.4, -0.2) is 48.9 Å². The number of nitrogens with zero attached hydrogens (tertiary/aromatic N) is 1. The molecule has 0 aromatic heterocycles. The fraction of sp³-hybridized carbons (Fsp3) is 0.556. The summed E-state index contributed by atoms with van der Waals surface area (Å²) in [7, 11) is 0. The van der Waals surface area contributed by atoms with Crippen molar-refractivity contribution in [1.82, 2.24) is 15.5 Å². The number of rotatable bonds is 3. The zero-order chi connectivity index (χ0) is 17.0. The highest BCUT2D eigenvalue weighted by Crippen LogP contribution is 2.13. The summed E-state index contributed by atoms with van der Waals surface area (Å²) >= 11 is 0. The Labute approximate surface area is 138 Å². The smallest absolute Gasteiger partial charge is 0.254 e. The zero-order valence-corrected chi connectivity index (χ0v) is 14.5. The Balaban J connectivity index is 2.01. The quantitative estimate of drug-likeness (QED) is 0.895. The molecule has 0 aliphatic carbocycles. The largest absolute Gasteiger partial charge is 0.352 e. The minimum absolute atomic E-state index is 0.0284. The Morgan fingerprint density at radius 3 is 2.39 bits per heavy atom. The van der Waals surface area contributed by atoms with Gasteiger partial charge < -0.3 is 15.5 Å². The third-order valence-electron chi connectivity index (χ3n) is 3.94. The summed E-state index contributed by atoms with van der Waals surface area (Å²) in [6, 6.07) is 7.11. The van der Waals surface area contributed by atoms with Crippen molar-refractivity contribution in [1.29, 1.82) is 0 Å². The Bertz CT molecular complexity index is 561. The van der Waals surface area contributed by atoms with Crippen LogP contribution in [0.2, 0.25) is 0 Å². The van der Waals surface area contributed by atoms with Gasteiger partial charge in [-0.25, -0.2) is 0 Å². The fourth-order valence-electron chi connectivity index (χ4n) is 2.52. The molecule has 0 bridgehead atoms. The molecule has 1 aromatic carbocycles. The number of piperazine rings is 1. The Hall–Kier alpha value is -1.88. The summed E-state index contributed by atoms with van der Waals surface area (Å²) in [6.45, 7) is 11.2. The summed E-state index contributed by atoms with van der Waals surface area (Å²) < 4.78 is 0. The van der Waals surface area contributed by atoms with Crippen molar-refractivity contribution in [2.45, 2.75) is 33.7 Å². The number of hydrogen-bond acceptors (Lipinski definition) is 3. The molecule has 1 heterocycles. The molecule has 5 heteroatoms. The maximum Gasteiger partial charge on any atom is 0.254 e. The van der Waals surface area contributed by atoms with Gasteiger partial charge in [0.1, 0.15) is 0 Å². The predicted molar refractivity (Wildman–Crippen MR) is 91.6 cm³/mol. The van der Waals surface area contributed by atoms with Crippen LogP contribution < -0.4 is 10.6 Å². The van der Waals surface area contributed by atoms with Gasteiger partial charge in [0.05, 0.1) is 0 Å². The molecule has 1 aliphatic rings. The van der Waals surface area contributed by atoms with Gasteiger partial charge in [-0.3, -0.25) is 9.59 Å². The third-order valence-corrected chi connectivity index (χ3v) is 3.94. The second-order valence-electron chi connectivity index (χ2n) is 7.37. The minimum atomic E-state index is -0.102. The highest BCUT2D eigenvalue weighted by atomic mass is 16.2. The molecule has 5 nitrogen and oxygen atoms in total. The molecule has 0 spiro atoms. The number of hydrogen-bond donors (Lipinski definition) is 2. The van der Waals surface area contributed by atoms with Crippen molar-refractivity contribution in [2.24, 2.45) is 5.41 Å². The van der Waals surface area contributed by atoms with Crippen LogP contribution in [0.25, 0.3) is 0 Å². The number of benzene rings is 1. The Kier molecular flexibility index (Phi) is 5.42. The molecule has 2 N–H and O–H groups in total. The number of carbonyl (C=O) groups excluding carboxylic acids is 2. The first-order valence-electron chi connectivity index (χ1n) is 8.18. The highest BCUT2D eigenvalue weighted by Gasteiger charge is 2.24. The predicted octanol–water partition coefficient (Wildman–Crippen LogP) is 1.90. The maximum absolute atomic E-state index is 12.5. The van der Waals surface area contributed by atoms with E-state index in [1.165, 1.54) is 0 Å². The average molecular weight is 317 g/mol. The van der Waals surface area contributed by atoms with Crippen LogP contribution in [0, 0.1) is 5.41 Å². The van der Waals surface area contributed by atoms with Crippen molar-refractivity contribution in [3.8, 4) is 0 Å². The molecule has 0 saturated carbocycles. The van der Waals surface area contributed by atoms with E-state index in [9.17, 15) is 9.59 Å². The maximum atomic E-state index is 12.5. The van der Waals surface area contributed by atoms with Crippen LogP contribution >= 0.6 is 0 Å². The van der Waals surface area contributed by atoms with Gasteiger partial charge in [0.25, 0.3) is 11.8 Å². The molecule has 126 valence electrons. The van der Waals surface area contributed by atoms with Crippen LogP contribution in [0.1, 0.15) is 48.4 Å². The van der Waals surface area contributed by atoms with Crippen molar-refractivity contribution < 1.29 is 9.59 Å². The standard InChI is InChI=1S/C18H27N3O2/c1-13-11-19-9-10-21(13)17(23)15-7-5-14(6-8-15)16(22)20-12-18(2,3)4/h5-8,13,19H,9-12H2,1-4H3,(H,20,22)/t13-/m0/s1. The first-order chi connectivity index (χ1) is 10.8. The van der Waals surface area contributed by atoms with E-state index in [1.807, 2.05) is 11.8 Å². The molecule has 1 aromatic rings. The van der Waals surface area contributed by atoms with Gasteiger partial charge >= 0.3 is 0 Å². The van der Waals surface area contributed by atoms with E-state index in [0.29, 0.717) is 24.2 Å². The lowest BCUT2D eigenvalue weighted by Crippen LogP contribution is -2.52. The van der Waals surface area contributed by atoms with Crippen molar-refractivity contribution in [2.75, 3.05) is 26.2 Å². The molecule has 1 saturated heterocycles. The van der Waals surface area contributed by atoms with E-state index in [-0.39, 0.29) is 23.3 Å². The third kappa shape index (κ3) is 4.79. The lowest BCUT2D eigenvalue weighted by molar-refractivity contribution is 0.0655. The number of amides is 2. The van der Waals surface area contributed by atoms with Crippen LogP contribution in [0.5, 0.6) is 0 Å². The van der Waals surface area contributed by atoms with E-state index >= 15 is 0 Å². The van der Waals surface area contributed by atoms with Crippen LogP contribution in [-0.2, 0) is 0 Å². The molecule has 0 unspecified atom stereocenters. The second-order valence-corrected chi connectivity index (χ2v) is 7.37. The summed E-state index contributed by atoms with van der Waals surface area (Å²) in [5.74, 6) is -0.0740. The van der Waals surface area contributed by atoms with E-state index in [1.54, 1.807) is 24.3 Å². The monoisotopic (exact) mass is 317 g/mol. The minimum Gasteiger partial charge on any atom is -0.352 e. The molecule has 1 fully saturated rings. The van der Waals surface area contributed by atoms with Gasteiger partial charge in [-0.05, 0) is 36.6 Å². The lowest BCUT2D eigenvalue weighted by atomic mass is 9.97.